The molecule has 1 aliphatic rings. The molecule has 1 amide bonds. The molecular weight excluding hydrogens is 428 g/mol. The van der Waals surface area contributed by atoms with Crippen molar-refractivity contribution in [3.8, 4) is 11.3 Å². The second kappa shape index (κ2) is 9.28. The molecule has 1 unspecified atom stereocenters. The third-order valence-electron chi connectivity index (χ3n) is 5.25. The van der Waals surface area contributed by atoms with E-state index in [9.17, 15) is 9.59 Å². The SMILES string of the molecule is CCCCSc1n[n+]2c(c(=O)[nH]1)-c1ccccc1N(C(C)=O)C2c1ccc(SC)cc1. The average Bonchev–Trinajstić information content (AvgIpc) is 2.78. The van der Waals surface area contributed by atoms with Crippen molar-refractivity contribution < 1.29 is 9.48 Å². The molecule has 1 N–H and O–H groups in total. The zero-order chi connectivity index (χ0) is 22.0. The number of rotatable bonds is 6. The highest BCUT2D eigenvalue weighted by Gasteiger charge is 2.44. The monoisotopic (exact) mass is 453 g/mol. The standard InChI is InChI=1S/C23H24N4O2S2/c1-4-5-14-31-23-24-21(29)20-18-8-6-7-9-19(18)26(15(2)28)22(27(20)25-23)16-10-12-17(30-3)13-11-16/h6-13,22H,4-5,14H2,1-3H3/p+1. The first-order chi connectivity index (χ1) is 15.0. The number of anilines is 1. The second-order valence-corrected chi connectivity index (χ2v) is 9.27. The number of para-hydroxylation sites is 1. The van der Waals surface area contributed by atoms with Gasteiger partial charge < -0.3 is 0 Å². The number of hydrogen-bond acceptors (Lipinski definition) is 5. The van der Waals surface area contributed by atoms with Crippen molar-refractivity contribution in [2.75, 3.05) is 16.9 Å². The molecule has 0 aliphatic carbocycles. The first-order valence-corrected chi connectivity index (χ1v) is 12.5. The number of aromatic amines is 1. The Labute approximate surface area is 190 Å². The van der Waals surface area contributed by atoms with Crippen molar-refractivity contribution in [3.63, 3.8) is 0 Å². The summed E-state index contributed by atoms with van der Waals surface area (Å²) in [6.07, 6.45) is 3.60. The Hall–Kier alpha value is -2.58. The van der Waals surface area contributed by atoms with Gasteiger partial charge >= 0.3 is 11.3 Å². The van der Waals surface area contributed by atoms with Crippen molar-refractivity contribution in [2.24, 2.45) is 0 Å². The molecule has 0 saturated carbocycles. The number of carbonyl (C=O) groups excluding carboxylic acids is 1. The molecule has 0 saturated heterocycles. The molecule has 4 rings (SSSR count). The van der Waals surface area contributed by atoms with Crippen LogP contribution in [0.3, 0.4) is 0 Å². The highest BCUT2D eigenvalue weighted by atomic mass is 32.2. The summed E-state index contributed by atoms with van der Waals surface area (Å²) in [5.74, 6) is 0.769. The summed E-state index contributed by atoms with van der Waals surface area (Å²) < 4.78 is 1.71. The van der Waals surface area contributed by atoms with Gasteiger partial charge in [0.05, 0.1) is 11.3 Å². The summed E-state index contributed by atoms with van der Waals surface area (Å²) in [5.41, 5.74) is 2.58. The molecule has 2 aromatic carbocycles. The summed E-state index contributed by atoms with van der Waals surface area (Å²) >= 11 is 3.19. The van der Waals surface area contributed by atoms with E-state index in [2.05, 4.69) is 11.9 Å². The number of H-pyrrole nitrogens is 1. The smallest absolute Gasteiger partial charge is 0.291 e. The largest absolute Gasteiger partial charge is 0.325 e. The lowest BCUT2D eigenvalue weighted by atomic mass is 10.0. The Morgan fingerprint density at radius 1 is 1.19 bits per heavy atom. The summed E-state index contributed by atoms with van der Waals surface area (Å²) in [5, 5.41) is 5.37. The van der Waals surface area contributed by atoms with Crippen LogP contribution in [0.2, 0.25) is 0 Å². The van der Waals surface area contributed by atoms with E-state index in [4.69, 9.17) is 5.10 Å². The average molecular weight is 454 g/mol. The molecule has 1 aliphatic heterocycles. The van der Waals surface area contributed by atoms with E-state index in [-0.39, 0.29) is 11.5 Å². The van der Waals surface area contributed by atoms with E-state index in [0.29, 0.717) is 22.1 Å². The maximum absolute atomic E-state index is 13.2. The molecule has 0 fully saturated rings. The molecule has 6 nitrogen and oxygen atoms in total. The lowest BCUT2D eigenvalue weighted by Crippen LogP contribution is -2.60. The number of fused-ring (bicyclic) bond motifs is 3. The van der Waals surface area contributed by atoms with Gasteiger partial charge in [0.15, 0.2) is 0 Å². The molecule has 3 aromatic rings. The van der Waals surface area contributed by atoms with Gasteiger partial charge in [-0.05, 0) is 53.8 Å². The number of nitrogens with one attached hydrogen (secondary N) is 1. The van der Waals surface area contributed by atoms with E-state index in [0.717, 1.165) is 29.1 Å². The second-order valence-electron chi connectivity index (χ2n) is 7.31. The minimum Gasteiger partial charge on any atom is -0.291 e. The quantitative estimate of drug-likeness (QED) is 0.343. The van der Waals surface area contributed by atoms with Gasteiger partial charge in [-0.1, -0.05) is 37.2 Å². The van der Waals surface area contributed by atoms with Crippen LogP contribution in [0.25, 0.3) is 11.3 Å². The Bertz CT molecular complexity index is 1160. The number of amides is 1. The van der Waals surface area contributed by atoms with Crippen LogP contribution < -0.4 is 15.1 Å². The zero-order valence-electron chi connectivity index (χ0n) is 17.8. The fourth-order valence-electron chi connectivity index (χ4n) is 3.77. The maximum Gasteiger partial charge on any atom is 0.325 e. The van der Waals surface area contributed by atoms with Crippen LogP contribution in [0.4, 0.5) is 5.69 Å². The van der Waals surface area contributed by atoms with Gasteiger partial charge in [0.1, 0.15) is 0 Å². The zero-order valence-corrected chi connectivity index (χ0v) is 19.4. The Balaban J connectivity index is 1.94. The van der Waals surface area contributed by atoms with Crippen LogP contribution in [-0.4, -0.2) is 28.0 Å². The number of hydrogen-bond donors (Lipinski definition) is 1. The Morgan fingerprint density at radius 3 is 2.61 bits per heavy atom. The van der Waals surface area contributed by atoms with Gasteiger partial charge in [0.25, 0.3) is 6.17 Å². The van der Waals surface area contributed by atoms with Gasteiger partial charge in [-0.15, -0.1) is 11.8 Å². The van der Waals surface area contributed by atoms with Gasteiger partial charge in [-0.3, -0.25) is 14.6 Å². The molecule has 160 valence electrons. The third-order valence-corrected chi connectivity index (χ3v) is 6.94. The summed E-state index contributed by atoms with van der Waals surface area (Å²) in [6, 6.07) is 15.6. The predicted molar refractivity (Wildman–Crippen MR) is 126 cm³/mol. The number of carbonyl (C=O) groups is 1. The Kier molecular flexibility index (Phi) is 6.48. The highest BCUT2D eigenvalue weighted by Crippen LogP contribution is 2.37. The van der Waals surface area contributed by atoms with Gasteiger partial charge in [0.2, 0.25) is 11.1 Å². The molecule has 0 radical (unpaired) electrons. The summed E-state index contributed by atoms with van der Waals surface area (Å²) in [4.78, 5) is 31.8. The lowest BCUT2D eigenvalue weighted by Gasteiger charge is -2.31. The minimum absolute atomic E-state index is 0.105. The van der Waals surface area contributed by atoms with E-state index >= 15 is 0 Å². The van der Waals surface area contributed by atoms with Crippen molar-refractivity contribution in [2.45, 2.75) is 42.9 Å². The number of aromatic nitrogens is 3. The topological polar surface area (TPSA) is 69.9 Å². The first-order valence-electron chi connectivity index (χ1n) is 10.3. The number of unbranched alkanes of at least 4 members (excludes halogenated alkanes) is 1. The van der Waals surface area contributed by atoms with E-state index in [1.807, 2.05) is 54.8 Å². The van der Waals surface area contributed by atoms with Gasteiger partial charge in [-0.2, -0.15) is 0 Å². The molecule has 0 bridgehead atoms. The molecular formula is C23H25N4O2S2+. The summed E-state index contributed by atoms with van der Waals surface area (Å²) in [7, 11) is 0. The van der Waals surface area contributed by atoms with Crippen LogP contribution in [0, 0.1) is 0 Å². The van der Waals surface area contributed by atoms with E-state index in [1.165, 1.54) is 11.8 Å². The van der Waals surface area contributed by atoms with Gasteiger partial charge in [-0.25, -0.2) is 4.90 Å². The lowest BCUT2D eigenvalue weighted by molar-refractivity contribution is -0.763. The minimum atomic E-state index is -0.536. The van der Waals surface area contributed by atoms with Gasteiger partial charge in [0, 0.05) is 28.2 Å². The van der Waals surface area contributed by atoms with Crippen LogP contribution in [0.1, 0.15) is 38.4 Å². The number of thioether (sulfide) groups is 2. The third kappa shape index (κ3) is 4.14. The van der Waals surface area contributed by atoms with Crippen molar-refractivity contribution in [3.05, 3.63) is 64.4 Å². The number of nitrogens with zero attached hydrogens (tertiary/aromatic N) is 3. The van der Waals surface area contributed by atoms with E-state index in [1.54, 1.807) is 28.3 Å². The Morgan fingerprint density at radius 2 is 1.94 bits per heavy atom. The van der Waals surface area contributed by atoms with Crippen molar-refractivity contribution in [1.82, 2.24) is 10.1 Å². The highest BCUT2D eigenvalue weighted by molar-refractivity contribution is 7.99. The molecule has 1 aromatic heterocycles. The molecule has 8 heteroatoms. The predicted octanol–water partition coefficient (Wildman–Crippen LogP) is 4.25. The fraction of sp³-hybridized carbons (Fsp3) is 0.304. The molecule has 2 heterocycles. The normalized spacial score (nSPS) is 14.8. The van der Waals surface area contributed by atoms with Crippen LogP contribution in [0.5, 0.6) is 0 Å². The van der Waals surface area contributed by atoms with Crippen LogP contribution in [0.15, 0.2) is 63.4 Å². The maximum atomic E-state index is 13.2. The molecule has 1 atom stereocenters. The summed E-state index contributed by atoms with van der Waals surface area (Å²) in [6.45, 7) is 3.68. The van der Waals surface area contributed by atoms with E-state index < -0.39 is 6.17 Å². The molecule has 0 spiro atoms. The fourth-order valence-corrected chi connectivity index (χ4v) is 5.11. The first kappa shape index (κ1) is 21.6. The molecule has 31 heavy (non-hydrogen) atoms. The van der Waals surface area contributed by atoms with Crippen molar-refractivity contribution >= 4 is 35.1 Å². The van der Waals surface area contributed by atoms with Crippen LogP contribution in [-0.2, 0) is 4.79 Å². The van der Waals surface area contributed by atoms with Crippen molar-refractivity contribution in [1.29, 1.82) is 0 Å². The van der Waals surface area contributed by atoms with Crippen LogP contribution >= 0.6 is 23.5 Å². The number of benzene rings is 2.